The third-order valence-corrected chi connectivity index (χ3v) is 2.13. The predicted octanol–water partition coefficient (Wildman–Crippen LogP) is 2.33. The maximum absolute atomic E-state index is 8.48. The van der Waals surface area contributed by atoms with E-state index in [1.165, 1.54) is 0 Å². The highest BCUT2D eigenvalue weighted by Gasteiger charge is 2.02. The molecule has 0 aromatic heterocycles. The number of nitriles is 1. The SMILES string of the molecule is CC(C)CNCc1ccccc1OCC#N. The molecule has 0 saturated heterocycles. The van der Waals surface area contributed by atoms with Crippen LogP contribution >= 0.6 is 0 Å². The smallest absolute Gasteiger partial charge is 0.174 e. The van der Waals surface area contributed by atoms with Crippen molar-refractivity contribution in [2.45, 2.75) is 20.4 Å². The lowest BCUT2D eigenvalue weighted by atomic mass is 10.2. The van der Waals surface area contributed by atoms with Gasteiger partial charge in [0.15, 0.2) is 6.61 Å². The van der Waals surface area contributed by atoms with Crippen LogP contribution in [-0.2, 0) is 6.54 Å². The summed E-state index contributed by atoms with van der Waals surface area (Å²) >= 11 is 0. The average molecular weight is 218 g/mol. The van der Waals surface area contributed by atoms with Crippen LogP contribution in [0.4, 0.5) is 0 Å². The average Bonchev–Trinajstić information content (AvgIpc) is 2.27. The van der Waals surface area contributed by atoms with Crippen molar-refractivity contribution >= 4 is 0 Å². The molecule has 1 aromatic rings. The lowest BCUT2D eigenvalue weighted by molar-refractivity contribution is 0.362. The van der Waals surface area contributed by atoms with Gasteiger partial charge < -0.3 is 10.1 Å². The van der Waals surface area contributed by atoms with Crippen LogP contribution in [0.5, 0.6) is 5.75 Å². The van der Waals surface area contributed by atoms with Crippen LogP contribution in [0.1, 0.15) is 19.4 Å². The highest BCUT2D eigenvalue weighted by atomic mass is 16.5. The zero-order valence-corrected chi connectivity index (χ0v) is 9.86. The van der Waals surface area contributed by atoms with Gasteiger partial charge in [-0.1, -0.05) is 32.0 Å². The molecular formula is C13H18N2O. The molecule has 3 heteroatoms. The molecule has 0 aliphatic rings. The monoisotopic (exact) mass is 218 g/mol. The van der Waals surface area contributed by atoms with E-state index in [-0.39, 0.29) is 6.61 Å². The highest BCUT2D eigenvalue weighted by Crippen LogP contribution is 2.17. The normalized spacial score (nSPS) is 10.1. The van der Waals surface area contributed by atoms with E-state index in [4.69, 9.17) is 10.00 Å². The fourth-order valence-corrected chi connectivity index (χ4v) is 1.40. The third kappa shape index (κ3) is 4.33. The van der Waals surface area contributed by atoms with Gasteiger partial charge in [-0.05, 0) is 18.5 Å². The van der Waals surface area contributed by atoms with E-state index in [9.17, 15) is 0 Å². The Labute approximate surface area is 97.0 Å². The molecule has 0 spiro atoms. The fourth-order valence-electron chi connectivity index (χ4n) is 1.40. The summed E-state index contributed by atoms with van der Waals surface area (Å²) in [7, 11) is 0. The molecule has 0 amide bonds. The number of benzene rings is 1. The van der Waals surface area contributed by atoms with Crippen LogP contribution in [0.25, 0.3) is 0 Å². The fraction of sp³-hybridized carbons (Fsp3) is 0.462. The molecule has 0 saturated carbocycles. The van der Waals surface area contributed by atoms with Crippen LogP contribution in [-0.4, -0.2) is 13.2 Å². The minimum atomic E-state index is 0.0984. The van der Waals surface area contributed by atoms with Crippen LogP contribution in [0.3, 0.4) is 0 Å². The van der Waals surface area contributed by atoms with E-state index in [2.05, 4.69) is 19.2 Å². The largest absolute Gasteiger partial charge is 0.478 e. The molecule has 0 bridgehead atoms. The zero-order chi connectivity index (χ0) is 11.8. The first kappa shape index (κ1) is 12.5. The Morgan fingerprint density at radius 1 is 1.38 bits per heavy atom. The van der Waals surface area contributed by atoms with Gasteiger partial charge >= 0.3 is 0 Å². The Balaban J connectivity index is 2.53. The highest BCUT2D eigenvalue weighted by molar-refractivity contribution is 5.33. The Morgan fingerprint density at radius 2 is 2.12 bits per heavy atom. The van der Waals surface area contributed by atoms with E-state index in [0.29, 0.717) is 5.92 Å². The minimum absolute atomic E-state index is 0.0984. The lowest BCUT2D eigenvalue weighted by Gasteiger charge is -2.11. The molecule has 0 radical (unpaired) electrons. The maximum atomic E-state index is 8.48. The van der Waals surface area contributed by atoms with E-state index >= 15 is 0 Å². The molecule has 0 aliphatic heterocycles. The van der Waals surface area contributed by atoms with Crippen LogP contribution in [0.15, 0.2) is 24.3 Å². The van der Waals surface area contributed by atoms with Gasteiger partial charge in [0.2, 0.25) is 0 Å². The Kier molecular flexibility index (Phi) is 5.38. The molecule has 16 heavy (non-hydrogen) atoms. The summed E-state index contributed by atoms with van der Waals surface area (Å²) in [5.74, 6) is 1.42. The number of nitrogens with one attached hydrogen (secondary N) is 1. The molecule has 1 aromatic carbocycles. The molecule has 0 aliphatic carbocycles. The van der Waals surface area contributed by atoms with Crippen molar-refractivity contribution in [2.75, 3.05) is 13.2 Å². The quantitative estimate of drug-likeness (QED) is 0.797. The number of hydrogen-bond acceptors (Lipinski definition) is 3. The second kappa shape index (κ2) is 6.86. The molecule has 1 rings (SSSR count). The second-order valence-corrected chi connectivity index (χ2v) is 4.08. The Bertz CT molecular complexity index is 355. The van der Waals surface area contributed by atoms with Gasteiger partial charge in [0.1, 0.15) is 11.8 Å². The number of para-hydroxylation sites is 1. The second-order valence-electron chi connectivity index (χ2n) is 4.08. The molecule has 0 fully saturated rings. The van der Waals surface area contributed by atoms with Gasteiger partial charge in [0, 0.05) is 12.1 Å². The number of rotatable bonds is 6. The van der Waals surface area contributed by atoms with Crippen LogP contribution in [0, 0.1) is 17.2 Å². The molecule has 0 heterocycles. The number of ether oxygens (including phenoxy) is 1. The van der Waals surface area contributed by atoms with Gasteiger partial charge in [-0.15, -0.1) is 0 Å². The van der Waals surface area contributed by atoms with Crippen LogP contribution in [0.2, 0.25) is 0 Å². The van der Waals surface area contributed by atoms with Crippen molar-refractivity contribution in [3.8, 4) is 11.8 Å². The van der Waals surface area contributed by atoms with E-state index in [1.54, 1.807) is 0 Å². The Morgan fingerprint density at radius 3 is 2.81 bits per heavy atom. The van der Waals surface area contributed by atoms with Crippen molar-refractivity contribution in [1.29, 1.82) is 5.26 Å². The van der Waals surface area contributed by atoms with Gasteiger partial charge in [0.25, 0.3) is 0 Å². The Hall–Kier alpha value is -1.53. The van der Waals surface area contributed by atoms with Crippen molar-refractivity contribution in [2.24, 2.45) is 5.92 Å². The first-order chi connectivity index (χ1) is 7.74. The summed E-state index contributed by atoms with van der Waals surface area (Å²) < 4.78 is 5.34. The third-order valence-electron chi connectivity index (χ3n) is 2.13. The molecule has 86 valence electrons. The van der Waals surface area contributed by atoms with Crippen molar-refractivity contribution in [3.05, 3.63) is 29.8 Å². The molecular weight excluding hydrogens is 200 g/mol. The standard InChI is InChI=1S/C13H18N2O/c1-11(2)9-15-10-12-5-3-4-6-13(12)16-8-7-14/h3-6,11,15H,8-10H2,1-2H3. The zero-order valence-electron chi connectivity index (χ0n) is 9.86. The first-order valence-electron chi connectivity index (χ1n) is 5.52. The summed E-state index contributed by atoms with van der Waals surface area (Å²) in [6.45, 7) is 6.20. The summed E-state index contributed by atoms with van der Waals surface area (Å²) in [6, 6.07) is 9.77. The summed E-state index contributed by atoms with van der Waals surface area (Å²) in [6.07, 6.45) is 0. The summed E-state index contributed by atoms with van der Waals surface area (Å²) in [5, 5.41) is 11.8. The topological polar surface area (TPSA) is 45.0 Å². The van der Waals surface area contributed by atoms with Gasteiger partial charge in [0.05, 0.1) is 0 Å². The molecule has 3 nitrogen and oxygen atoms in total. The van der Waals surface area contributed by atoms with E-state index < -0.39 is 0 Å². The molecule has 0 atom stereocenters. The van der Waals surface area contributed by atoms with Crippen molar-refractivity contribution < 1.29 is 4.74 Å². The summed E-state index contributed by atoms with van der Waals surface area (Å²) in [4.78, 5) is 0. The van der Waals surface area contributed by atoms with Crippen molar-refractivity contribution in [3.63, 3.8) is 0 Å². The predicted molar refractivity (Wildman–Crippen MR) is 64.1 cm³/mol. The van der Waals surface area contributed by atoms with E-state index in [1.807, 2.05) is 30.3 Å². The van der Waals surface area contributed by atoms with Gasteiger partial charge in [-0.3, -0.25) is 0 Å². The first-order valence-corrected chi connectivity index (χ1v) is 5.52. The minimum Gasteiger partial charge on any atom is -0.478 e. The van der Waals surface area contributed by atoms with Crippen molar-refractivity contribution in [1.82, 2.24) is 5.32 Å². The van der Waals surface area contributed by atoms with E-state index in [0.717, 1.165) is 24.4 Å². The summed E-state index contributed by atoms with van der Waals surface area (Å²) in [5.41, 5.74) is 1.10. The maximum Gasteiger partial charge on any atom is 0.174 e. The number of nitrogens with zero attached hydrogens (tertiary/aromatic N) is 1. The molecule has 0 unspecified atom stereocenters. The van der Waals surface area contributed by atoms with Gasteiger partial charge in [-0.25, -0.2) is 0 Å². The molecule has 1 N–H and O–H groups in total. The lowest BCUT2D eigenvalue weighted by Crippen LogP contribution is -2.19. The number of hydrogen-bond donors (Lipinski definition) is 1. The van der Waals surface area contributed by atoms with Gasteiger partial charge in [-0.2, -0.15) is 5.26 Å². The van der Waals surface area contributed by atoms with Crippen LogP contribution < -0.4 is 10.1 Å².